The molecule has 1 fully saturated rings. The normalized spacial score (nSPS) is 17.7. The SMILES string of the molecule is N#CC(N)(Cn1cc(-c2ccccc2)cn1)C1CC1. The van der Waals surface area contributed by atoms with Crippen molar-refractivity contribution < 1.29 is 0 Å². The summed E-state index contributed by atoms with van der Waals surface area (Å²) in [4.78, 5) is 0. The highest BCUT2D eigenvalue weighted by atomic mass is 15.3. The Morgan fingerprint density at radius 3 is 2.68 bits per heavy atom. The standard InChI is InChI=1S/C15H16N4/c16-10-15(17,14-6-7-14)11-19-9-13(8-18-19)12-4-2-1-3-5-12/h1-5,8-9,14H,6-7,11,17H2. The van der Waals surface area contributed by atoms with Crippen LogP contribution >= 0.6 is 0 Å². The lowest BCUT2D eigenvalue weighted by Gasteiger charge is -2.20. The molecule has 1 aromatic heterocycles. The monoisotopic (exact) mass is 252 g/mol. The molecule has 2 N–H and O–H groups in total. The molecule has 0 amide bonds. The van der Waals surface area contributed by atoms with Gasteiger partial charge in [0, 0.05) is 11.8 Å². The number of rotatable bonds is 4. The van der Waals surface area contributed by atoms with Crippen LogP contribution in [0.1, 0.15) is 12.8 Å². The summed E-state index contributed by atoms with van der Waals surface area (Å²) in [5.74, 6) is 0.321. The molecule has 4 nitrogen and oxygen atoms in total. The summed E-state index contributed by atoms with van der Waals surface area (Å²) < 4.78 is 1.78. The van der Waals surface area contributed by atoms with E-state index in [0.717, 1.165) is 24.0 Å². The molecule has 96 valence electrons. The predicted molar refractivity (Wildman–Crippen MR) is 72.9 cm³/mol. The van der Waals surface area contributed by atoms with E-state index in [4.69, 9.17) is 5.73 Å². The van der Waals surface area contributed by atoms with Gasteiger partial charge in [-0.25, -0.2) is 0 Å². The lowest BCUT2D eigenvalue weighted by atomic mass is 9.97. The molecule has 0 spiro atoms. The van der Waals surface area contributed by atoms with Gasteiger partial charge in [-0.15, -0.1) is 0 Å². The summed E-state index contributed by atoms with van der Waals surface area (Å²) in [7, 11) is 0. The Morgan fingerprint density at radius 1 is 1.32 bits per heavy atom. The molecule has 19 heavy (non-hydrogen) atoms. The molecular weight excluding hydrogens is 236 g/mol. The summed E-state index contributed by atoms with van der Waals surface area (Å²) >= 11 is 0. The molecule has 0 saturated heterocycles. The molecule has 1 saturated carbocycles. The van der Waals surface area contributed by atoms with E-state index >= 15 is 0 Å². The van der Waals surface area contributed by atoms with Crippen LogP contribution in [0.2, 0.25) is 0 Å². The first-order valence-electron chi connectivity index (χ1n) is 6.49. The van der Waals surface area contributed by atoms with Crippen LogP contribution in [-0.2, 0) is 6.54 Å². The van der Waals surface area contributed by atoms with E-state index in [1.165, 1.54) is 0 Å². The van der Waals surface area contributed by atoms with E-state index in [2.05, 4.69) is 11.2 Å². The summed E-state index contributed by atoms with van der Waals surface area (Å²) in [5, 5.41) is 13.6. The molecule has 4 heteroatoms. The second-order valence-electron chi connectivity index (χ2n) is 5.22. The molecule has 1 aliphatic carbocycles. The van der Waals surface area contributed by atoms with E-state index in [0.29, 0.717) is 12.5 Å². The highest BCUT2D eigenvalue weighted by Gasteiger charge is 2.43. The largest absolute Gasteiger partial charge is 0.312 e. The Bertz CT molecular complexity index is 607. The van der Waals surface area contributed by atoms with Crippen molar-refractivity contribution in [3.63, 3.8) is 0 Å². The van der Waals surface area contributed by atoms with Crippen molar-refractivity contribution in [1.82, 2.24) is 9.78 Å². The van der Waals surface area contributed by atoms with Gasteiger partial charge in [0.1, 0.15) is 5.54 Å². The molecule has 1 aromatic carbocycles. The molecule has 1 aliphatic rings. The van der Waals surface area contributed by atoms with Crippen LogP contribution in [0, 0.1) is 17.2 Å². The Balaban J connectivity index is 1.81. The van der Waals surface area contributed by atoms with Gasteiger partial charge in [0.05, 0.1) is 18.8 Å². The first-order valence-corrected chi connectivity index (χ1v) is 6.49. The summed E-state index contributed by atoms with van der Waals surface area (Å²) in [6.07, 6.45) is 5.88. The maximum Gasteiger partial charge on any atom is 0.126 e. The molecular formula is C15H16N4. The molecule has 1 heterocycles. The van der Waals surface area contributed by atoms with Gasteiger partial charge in [-0.1, -0.05) is 30.3 Å². The topological polar surface area (TPSA) is 67.6 Å². The van der Waals surface area contributed by atoms with Gasteiger partial charge < -0.3 is 5.73 Å². The van der Waals surface area contributed by atoms with Gasteiger partial charge in [0.2, 0.25) is 0 Å². The zero-order chi connectivity index (χ0) is 13.3. The van der Waals surface area contributed by atoms with Crippen LogP contribution in [-0.4, -0.2) is 15.3 Å². The third kappa shape index (κ3) is 2.38. The minimum absolute atomic E-state index is 0.321. The number of hydrogen-bond donors (Lipinski definition) is 1. The minimum atomic E-state index is -0.778. The van der Waals surface area contributed by atoms with Gasteiger partial charge >= 0.3 is 0 Å². The summed E-state index contributed by atoms with van der Waals surface area (Å²) in [6, 6.07) is 12.3. The second kappa shape index (κ2) is 4.52. The van der Waals surface area contributed by atoms with Crippen molar-refractivity contribution >= 4 is 0 Å². The molecule has 0 aliphatic heterocycles. The first kappa shape index (κ1) is 11.9. The second-order valence-corrected chi connectivity index (χ2v) is 5.22. The van der Waals surface area contributed by atoms with E-state index in [9.17, 15) is 5.26 Å². The van der Waals surface area contributed by atoms with Crippen LogP contribution in [0.5, 0.6) is 0 Å². The molecule has 0 radical (unpaired) electrons. The van der Waals surface area contributed by atoms with Crippen molar-refractivity contribution in [1.29, 1.82) is 5.26 Å². The Hall–Kier alpha value is -2.12. The number of nitriles is 1. The maximum absolute atomic E-state index is 9.26. The van der Waals surface area contributed by atoms with Crippen molar-refractivity contribution in [3.8, 4) is 17.2 Å². The predicted octanol–water partition coefficient (Wildman–Crippen LogP) is 2.18. The number of benzene rings is 1. The third-order valence-corrected chi connectivity index (χ3v) is 3.68. The molecule has 1 unspecified atom stereocenters. The number of nitrogens with zero attached hydrogens (tertiary/aromatic N) is 3. The van der Waals surface area contributed by atoms with Crippen molar-refractivity contribution in [3.05, 3.63) is 42.7 Å². The van der Waals surface area contributed by atoms with Crippen LogP contribution in [0.3, 0.4) is 0 Å². The molecule has 3 rings (SSSR count). The highest BCUT2D eigenvalue weighted by molar-refractivity contribution is 5.61. The van der Waals surface area contributed by atoms with Gasteiger partial charge in [-0.3, -0.25) is 4.68 Å². The average molecular weight is 252 g/mol. The zero-order valence-electron chi connectivity index (χ0n) is 10.7. The Labute approximate surface area is 112 Å². The minimum Gasteiger partial charge on any atom is -0.312 e. The fourth-order valence-corrected chi connectivity index (χ4v) is 2.35. The van der Waals surface area contributed by atoms with Gasteiger partial charge in [0.15, 0.2) is 0 Å². The Kier molecular flexibility index (Phi) is 2.84. The third-order valence-electron chi connectivity index (χ3n) is 3.68. The van der Waals surface area contributed by atoms with E-state index in [1.807, 2.05) is 42.7 Å². The van der Waals surface area contributed by atoms with Gasteiger partial charge in [-0.05, 0) is 24.3 Å². The van der Waals surface area contributed by atoms with Crippen LogP contribution in [0.15, 0.2) is 42.7 Å². The van der Waals surface area contributed by atoms with Crippen LogP contribution < -0.4 is 5.73 Å². The molecule has 1 atom stereocenters. The van der Waals surface area contributed by atoms with E-state index in [-0.39, 0.29) is 0 Å². The highest BCUT2D eigenvalue weighted by Crippen LogP contribution is 2.38. The maximum atomic E-state index is 9.26. The molecule has 0 bridgehead atoms. The quantitative estimate of drug-likeness (QED) is 0.906. The number of nitrogens with two attached hydrogens (primary N) is 1. The lowest BCUT2D eigenvalue weighted by molar-refractivity contribution is 0.384. The van der Waals surface area contributed by atoms with Crippen LogP contribution in [0.25, 0.3) is 11.1 Å². The number of aromatic nitrogens is 2. The van der Waals surface area contributed by atoms with Gasteiger partial charge in [0.25, 0.3) is 0 Å². The fourth-order valence-electron chi connectivity index (χ4n) is 2.35. The average Bonchev–Trinajstić information content (AvgIpc) is 3.21. The molecule has 2 aromatic rings. The fraction of sp³-hybridized carbons (Fsp3) is 0.333. The van der Waals surface area contributed by atoms with Gasteiger partial charge in [-0.2, -0.15) is 10.4 Å². The van der Waals surface area contributed by atoms with Crippen molar-refractivity contribution in [2.24, 2.45) is 11.7 Å². The lowest BCUT2D eigenvalue weighted by Crippen LogP contribution is -2.45. The first-order chi connectivity index (χ1) is 9.21. The summed E-state index contributed by atoms with van der Waals surface area (Å²) in [5.41, 5.74) is 7.56. The van der Waals surface area contributed by atoms with Crippen LogP contribution in [0.4, 0.5) is 0 Å². The van der Waals surface area contributed by atoms with E-state index in [1.54, 1.807) is 4.68 Å². The zero-order valence-corrected chi connectivity index (χ0v) is 10.7. The Morgan fingerprint density at radius 2 is 2.05 bits per heavy atom. The smallest absolute Gasteiger partial charge is 0.126 e. The summed E-state index contributed by atoms with van der Waals surface area (Å²) in [6.45, 7) is 0.459. The van der Waals surface area contributed by atoms with Crippen molar-refractivity contribution in [2.75, 3.05) is 0 Å². The number of hydrogen-bond acceptors (Lipinski definition) is 3. The van der Waals surface area contributed by atoms with Crippen molar-refractivity contribution in [2.45, 2.75) is 24.9 Å². The van der Waals surface area contributed by atoms with E-state index < -0.39 is 5.54 Å².